The lowest BCUT2D eigenvalue weighted by molar-refractivity contribution is -0.112. The van der Waals surface area contributed by atoms with Gasteiger partial charge in [0.1, 0.15) is 11.6 Å². The highest BCUT2D eigenvalue weighted by molar-refractivity contribution is 6.06. The van der Waals surface area contributed by atoms with Crippen molar-refractivity contribution in [3.05, 3.63) is 65.9 Å². The molecule has 0 atom stereocenters. The van der Waals surface area contributed by atoms with E-state index >= 15 is 0 Å². The highest BCUT2D eigenvalue weighted by Gasteiger charge is 2.10. The molecule has 0 fully saturated rings. The van der Waals surface area contributed by atoms with E-state index in [0.717, 1.165) is 11.4 Å². The molecule has 0 aliphatic heterocycles. The Morgan fingerprint density at radius 1 is 1.12 bits per heavy atom. The SMILES string of the molecule is CN(C)c1cccc(N/C=C(/C#N)C(=O)Nc2ccc(C(=O)O)cc2)c1. The summed E-state index contributed by atoms with van der Waals surface area (Å²) in [5.74, 6) is -1.64. The first kappa shape index (κ1) is 18.5. The van der Waals surface area contributed by atoms with Crippen molar-refractivity contribution in [2.24, 2.45) is 0 Å². The quantitative estimate of drug-likeness (QED) is 0.546. The van der Waals surface area contributed by atoms with E-state index in [1.165, 1.54) is 30.5 Å². The average Bonchev–Trinajstić information content (AvgIpc) is 2.63. The normalized spacial score (nSPS) is 10.6. The van der Waals surface area contributed by atoms with Crippen LogP contribution in [0.1, 0.15) is 10.4 Å². The summed E-state index contributed by atoms with van der Waals surface area (Å²) in [7, 11) is 3.83. The van der Waals surface area contributed by atoms with Crippen molar-refractivity contribution in [2.75, 3.05) is 29.6 Å². The third kappa shape index (κ3) is 4.85. The predicted octanol–water partition coefficient (Wildman–Crippen LogP) is 2.91. The van der Waals surface area contributed by atoms with Crippen LogP contribution in [0.2, 0.25) is 0 Å². The lowest BCUT2D eigenvalue weighted by Gasteiger charge is -2.13. The number of carbonyl (C=O) groups excluding carboxylic acids is 1. The molecule has 0 saturated carbocycles. The molecule has 2 aromatic rings. The average molecular weight is 350 g/mol. The number of hydrogen-bond donors (Lipinski definition) is 3. The molecule has 7 heteroatoms. The zero-order chi connectivity index (χ0) is 19.1. The zero-order valence-electron chi connectivity index (χ0n) is 14.4. The summed E-state index contributed by atoms with van der Waals surface area (Å²) in [6.07, 6.45) is 1.33. The molecule has 0 heterocycles. The lowest BCUT2D eigenvalue weighted by Crippen LogP contribution is -2.14. The van der Waals surface area contributed by atoms with Gasteiger partial charge in [-0.2, -0.15) is 5.26 Å². The molecule has 26 heavy (non-hydrogen) atoms. The van der Waals surface area contributed by atoms with Crippen LogP contribution in [0.3, 0.4) is 0 Å². The van der Waals surface area contributed by atoms with Crippen LogP contribution in [0, 0.1) is 11.3 Å². The minimum Gasteiger partial charge on any atom is -0.478 e. The van der Waals surface area contributed by atoms with Gasteiger partial charge in [0.2, 0.25) is 0 Å². The number of anilines is 3. The molecule has 2 rings (SSSR count). The van der Waals surface area contributed by atoms with Crippen LogP contribution in [0.5, 0.6) is 0 Å². The summed E-state index contributed by atoms with van der Waals surface area (Å²) in [5, 5.41) is 23.6. The Labute approximate surface area is 151 Å². The fraction of sp³-hybridized carbons (Fsp3) is 0.105. The zero-order valence-corrected chi connectivity index (χ0v) is 14.4. The fourth-order valence-corrected chi connectivity index (χ4v) is 2.07. The van der Waals surface area contributed by atoms with Gasteiger partial charge in [-0.3, -0.25) is 4.79 Å². The standard InChI is InChI=1S/C19H18N4O3/c1-23(2)17-5-3-4-16(10-17)21-12-14(11-20)18(24)22-15-8-6-13(7-9-15)19(25)26/h3-10,12,21H,1-2H3,(H,22,24)(H,25,26)/b14-12-. The smallest absolute Gasteiger partial charge is 0.335 e. The van der Waals surface area contributed by atoms with Gasteiger partial charge in [-0.05, 0) is 42.5 Å². The number of rotatable bonds is 6. The summed E-state index contributed by atoms with van der Waals surface area (Å²) < 4.78 is 0. The van der Waals surface area contributed by atoms with Crippen molar-refractivity contribution in [2.45, 2.75) is 0 Å². The van der Waals surface area contributed by atoms with E-state index in [1.54, 1.807) is 0 Å². The summed E-state index contributed by atoms with van der Waals surface area (Å²) in [6, 6.07) is 15.0. The molecule has 0 unspecified atom stereocenters. The Hall–Kier alpha value is -3.79. The molecule has 2 aromatic carbocycles. The third-order valence-corrected chi connectivity index (χ3v) is 3.50. The van der Waals surface area contributed by atoms with Gasteiger partial charge in [0.05, 0.1) is 5.56 Å². The van der Waals surface area contributed by atoms with Gasteiger partial charge in [-0.15, -0.1) is 0 Å². The van der Waals surface area contributed by atoms with Gasteiger partial charge in [0.25, 0.3) is 5.91 Å². The maximum atomic E-state index is 12.2. The van der Waals surface area contributed by atoms with Gasteiger partial charge in [0, 0.05) is 37.4 Å². The maximum Gasteiger partial charge on any atom is 0.335 e. The van der Waals surface area contributed by atoms with E-state index in [2.05, 4.69) is 10.6 Å². The number of nitrogens with zero attached hydrogens (tertiary/aromatic N) is 2. The van der Waals surface area contributed by atoms with Gasteiger partial charge in [-0.25, -0.2) is 4.79 Å². The first-order valence-electron chi connectivity index (χ1n) is 7.69. The van der Waals surface area contributed by atoms with Gasteiger partial charge in [0.15, 0.2) is 0 Å². The highest BCUT2D eigenvalue weighted by Crippen LogP contribution is 2.17. The molecule has 0 aromatic heterocycles. The Bertz CT molecular complexity index is 880. The van der Waals surface area contributed by atoms with Crippen LogP contribution >= 0.6 is 0 Å². The Balaban J connectivity index is 2.08. The van der Waals surface area contributed by atoms with Crippen LogP contribution in [0.15, 0.2) is 60.3 Å². The number of nitriles is 1. The van der Waals surface area contributed by atoms with Crippen LogP contribution in [-0.2, 0) is 4.79 Å². The second kappa shape index (κ2) is 8.35. The monoisotopic (exact) mass is 350 g/mol. The van der Waals surface area contributed by atoms with Gasteiger partial charge in [-0.1, -0.05) is 6.07 Å². The molecular formula is C19H18N4O3. The first-order valence-corrected chi connectivity index (χ1v) is 7.69. The second-order valence-corrected chi connectivity index (χ2v) is 5.60. The summed E-state index contributed by atoms with van der Waals surface area (Å²) in [6.45, 7) is 0. The molecule has 7 nitrogen and oxygen atoms in total. The van der Waals surface area contributed by atoms with Crippen molar-refractivity contribution in [1.82, 2.24) is 0 Å². The molecule has 0 saturated heterocycles. The summed E-state index contributed by atoms with van der Waals surface area (Å²) >= 11 is 0. The van der Waals surface area contributed by atoms with Crippen LogP contribution in [-0.4, -0.2) is 31.1 Å². The molecule has 0 aliphatic rings. The van der Waals surface area contributed by atoms with Crippen LogP contribution in [0.25, 0.3) is 0 Å². The Morgan fingerprint density at radius 3 is 2.38 bits per heavy atom. The van der Waals surface area contributed by atoms with Gasteiger partial charge >= 0.3 is 5.97 Å². The van der Waals surface area contributed by atoms with E-state index in [9.17, 15) is 14.9 Å². The number of benzene rings is 2. The first-order chi connectivity index (χ1) is 12.4. The lowest BCUT2D eigenvalue weighted by atomic mass is 10.2. The van der Waals surface area contributed by atoms with Crippen LogP contribution in [0.4, 0.5) is 17.1 Å². The minimum atomic E-state index is -1.05. The molecule has 0 spiro atoms. The van der Waals surface area contributed by atoms with Crippen molar-refractivity contribution < 1.29 is 14.7 Å². The number of carboxylic acid groups (broad SMARTS) is 1. The molecule has 0 aliphatic carbocycles. The third-order valence-electron chi connectivity index (χ3n) is 3.50. The molecule has 0 radical (unpaired) electrons. The fourth-order valence-electron chi connectivity index (χ4n) is 2.07. The van der Waals surface area contributed by atoms with Crippen molar-refractivity contribution in [3.63, 3.8) is 0 Å². The number of nitrogens with one attached hydrogen (secondary N) is 2. The van der Waals surface area contributed by atoms with E-state index in [0.29, 0.717) is 5.69 Å². The molecule has 0 bridgehead atoms. The molecular weight excluding hydrogens is 332 g/mol. The minimum absolute atomic E-state index is 0.109. The summed E-state index contributed by atoms with van der Waals surface area (Å²) in [4.78, 5) is 25.0. The largest absolute Gasteiger partial charge is 0.478 e. The number of amides is 1. The van der Waals surface area contributed by atoms with Crippen LogP contribution < -0.4 is 15.5 Å². The highest BCUT2D eigenvalue weighted by atomic mass is 16.4. The van der Waals surface area contributed by atoms with E-state index in [-0.39, 0.29) is 11.1 Å². The van der Waals surface area contributed by atoms with Crippen molar-refractivity contribution in [1.29, 1.82) is 5.26 Å². The molecule has 1 amide bonds. The second-order valence-electron chi connectivity index (χ2n) is 5.60. The van der Waals surface area contributed by atoms with E-state index < -0.39 is 11.9 Å². The van der Waals surface area contributed by atoms with Crippen molar-refractivity contribution in [3.8, 4) is 6.07 Å². The Kier molecular flexibility index (Phi) is 5.96. The topological polar surface area (TPSA) is 105 Å². The number of aromatic carboxylic acids is 1. The number of carboxylic acids is 1. The Morgan fingerprint density at radius 2 is 1.81 bits per heavy atom. The maximum absolute atomic E-state index is 12.2. The van der Waals surface area contributed by atoms with E-state index in [1.807, 2.05) is 49.3 Å². The predicted molar refractivity (Wildman–Crippen MR) is 100 cm³/mol. The molecule has 132 valence electrons. The van der Waals surface area contributed by atoms with Gasteiger partial charge < -0.3 is 20.6 Å². The van der Waals surface area contributed by atoms with E-state index in [4.69, 9.17) is 5.11 Å². The number of hydrogen-bond acceptors (Lipinski definition) is 5. The van der Waals surface area contributed by atoms with Crippen molar-refractivity contribution >= 4 is 28.9 Å². The molecule has 3 N–H and O–H groups in total. The summed E-state index contributed by atoms with van der Waals surface area (Å²) in [5.41, 5.74) is 2.12. The number of carbonyl (C=O) groups is 2.